The van der Waals surface area contributed by atoms with Crippen molar-refractivity contribution in [2.75, 3.05) is 23.7 Å². The van der Waals surface area contributed by atoms with Crippen molar-refractivity contribution >= 4 is 23.5 Å². The number of anilines is 2. The Morgan fingerprint density at radius 3 is 2.56 bits per heavy atom. The van der Waals surface area contributed by atoms with Crippen LogP contribution in [0.25, 0.3) is 0 Å². The van der Waals surface area contributed by atoms with Crippen LogP contribution < -0.4 is 22.2 Å². The molecule has 0 atom stereocenters. The van der Waals surface area contributed by atoms with Crippen molar-refractivity contribution < 1.29 is 4.79 Å². The van der Waals surface area contributed by atoms with Crippen LogP contribution >= 0.6 is 0 Å². The highest BCUT2D eigenvalue weighted by atomic mass is 16.1. The van der Waals surface area contributed by atoms with Gasteiger partial charge in [-0.1, -0.05) is 24.3 Å². The van der Waals surface area contributed by atoms with Crippen LogP contribution in [0.15, 0.2) is 53.6 Å². The van der Waals surface area contributed by atoms with E-state index in [0.29, 0.717) is 0 Å². The summed E-state index contributed by atoms with van der Waals surface area (Å²) >= 11 is 0. The molecule has 25 heavy (non-hydrogen) atoms. The fraction of sp³-hybridized carbons (Fsp3) is 0.263. The molecule has 0 fully saturated rings. The summed E-state index contributed by atoms with van der Waals surface area (Å²) in [5.41, 5.74) is 15.0. The highest BCUT2D eigenvalue weighted by molar-refractivity contribution is 5.83. The van der Waals surface area contributed by atoms with Gasteiger partial charge >= 0.3 is 0 Å². The number of carbonyl (C=O) groups is 1. The number of aryl methyl sites for hydroxylation is 1. The lowest BCUT2D eigenvalue weighted by Gasteiger charge is -2.23. The molecule has 2 aromatic rings. The summed E-state index contributed by atoms with van der Waals surface area (Å²) in [6.07, 6.45) is 4.52. The van der Waals surface area contributed by atoms with Gasteiger partial charge in [0.2, 0.25) is 5.91 Å². The normalized spacial score (nSPS) is 10.9. The maximum absolute atomic E-state index is 11.4. The molecule has 6 N–H and O–H groups in total. The first-order chi connectivity index (χ1) is 12.1. The van der Waals surface area contributed by atoms with Gasteiger partial charge in [0.05, 0.1) is 12.8 Å². The highest BCUT2D eigenvalue weighted by Crippen LogP contribution is 2.17. The molecule has 0 aliphatic heterocycles. The average Bonchev–Trinajstić information content (AvgIpc) is 2.59. The van der Waals surface area contributed by atoms with Crippen molar-refractivity contribution in [3.8, 4) is 0 Å². The maximum atomic E-state index is 11.4. The Morgan fingerprint density at radius 2 is 1.88 bits per heavy atom. The van der Waals surface area contributed by atoms with Crippen molar-refractivity contribution in [2.24, 2.45) is 16.7 Å². The van der Waals surface area contributed by atoms with Crippen LogP contribution in [0, 0.1) is 0 Å². The van der Waals surface area contributed by atoms with Gasteiger partial charge in [-0.05, 0) is 54.7 Å². The molecule has 0 saturated heterocycles. The molecular weight excluding hydrogens is 314 g/mol. The number of nitrogen functional groups attached to an aromatic ring is 1. The molecule has 0 saturated carbocycles. The molecule has 0 heterocycles. The van der Waals surface area contributed by atoms with Gasteiger partial charge in [0.1, 0.15) is 0 Å². The Labute approximate surface area is 148 Å². The van der Waals surface area contributed by atoms with Crippen LogP contribution in [0.1, 0.15) is 24.0 Å². The van der Waals surface area contributed by atoms with Crippen molar-refractivity contribution in [1.82, 2.24) is 0 Å². The van der Waals surface area contributed by atoms with Crippen LogP contribution in [0.5, 0.6) is 0 Å². The summed E-state index contributed by atoms with van der Waals surface area (Å²) in [7, 11) is 0. The molecule has 0 aliphatic carbocycles. The maximum Gasteiger partial charge on any atom is 0.236 e. The van der Waals surface area contributed by atoms with Crippen molar-refractivity contribution in [3.63, 3.8) is 0 Å². The largest absolute Gasteiger partial charge is 0.399 e. The molecule has 132 valence electrons. The van der Waals surface area contributed by atoms with E-state index in [1.54, 1.807) is 6.21 Å². The molecule has 1 amide bonds. The van der Waals surface area contributed by atoms with Gasteiger partial charge in [0, 0.05) is 17.9 Å². The topological polar surface area (TPSA) is 111 Å². The van der Waals surface area contributed by atoms with E-state index in [-0.39, 0.29) is 12.5 Å². The number of nitrogens with zero attached hydrogens (tertiary/aromatic N) is 2. The van der Waals surface area contributed by atoms with Crippen LogP contribution in [0.3, 0.4) is 0 Å². The number of hydrogen-bond donors (Lipinski definition) is 3. The second-order valence-corrected chi connectivity index (χ2v) is 5.96. The zero-order valence-electron chi connectivity index (χ0n) is 14.3. The summed E-state index contributed by atoms with van der Waals surface area (Å²) < 4.78 is 0. The minimum absolute atomic E-state index is 0.186. The average molecular weight is 339 g/mol. The van der Waals surface area contributed by atoms with Gasteiger partial charge in [0.25, 0.3) is 0 Å². The number of carbonyl (C=O) groups excluding carboxylic acids is 1. The lowest BCUT2D eigenvalue weighted by Crippen LogP contribution is -2.34. The Bertz CT molecular complexity index is 712. The molecule has 0 bridgehead atoms. The Hall–Kier alpha value is -3.02. The fourth-order valence-electron chi connectivity index (χ4n) is 2.69. The van der Waals surface area contributed by atoms with E-state index >= 15 is 0 Å². The number of amides is 1. The monoisotopic (exact) mass is 339 g/mol. The first-order valence-corrected chi connectivity index (χ1v) is 8.29. The molecule has 0 spiro atoms. The molecule has 6 nitrogen and oxygen atoms in total. The minimum Gasteiger partial charge on any atom is -0.399 e. The van der Waals surface area contributed by atoms with Gasteiger partial charge < -0.3 is 22.2 Å². The summed E-state index contributed by atoms with van der Waals surface area (Å²) in [5.74, 6) is 4.85. The van der Waals surface area contributed by atoms with E-state index in [2.05, 4.69) is 5.10 Å². The molecule has 0 aliphatic rings. The zero-order chi connectivity index (χ0) is 18.1. The molecule has 0 unspecified atom stereocenters. The van der Waals surface area contributed by atoms with Crippen LogP contribution in [-0.2, 0) is 11.2 Å². The molecule has 2 aromatic carbocycles. The number of nitrogens with two attached hydrogens (primary N) is 3. The third kappa shape index (κ3) is 6.18. The van der Waals surface area contributed by atoms with E-state index in [4.69, 9.17) is 17.3 Å². The minimum atomic E-state index is -0.351. The van der Waals surface area contributed by atoms with Gasteiger partial charge in [0.15, 0.2) is 0 Å². The summed E-state index contributed by atoms with van der Waals surface area (Å²) in [6, 6.07) is 15.6. The van der Waals surface area contributed by atoms with Crippen molar-refractivity contribution in [3.05, 3.63) is 59.7 Å². The van der Waals surface area contributed by atoms with E-state index < -0.39 is 0 Å². The van der Waals surface area contributed by atoms with Crippen molar-refractivity contribution in [2.45, 2.75) is 19.3 Å². The second-order valence-electron chi connectivity index (χ2n) is 5.96. The molecule has 2 rings (SSSR count). The molecule has 6 heteroatoms. The van der Waals surface area contributed by atoms with Gasteiger partial charge in [-0.25, -0.2) is 0 Å². The molecular formula is C19H25N5O. The third-order valence-electron chi connectivity index (χ3n) is 3.93. The number of hydrogen-bond acceptors (Lipinski definition) is 5. The zero-order valence-corrected chi connectivity index (χ0v) is 14.3. The summed E-state index contributed by atoms with van der Waals surface area (Å²) in [5, 5.41) is 3.54. The number of hydrazone groups is 1. The van der Waals surface area contributed by atoms with Gasteiger partial charge in [-0.2, -0.15) is 5.10 Å². The van der Waals surface area contributed by atoms with E-state index in [1.807, 2.05) is 53.4 Å². The van der Waals surface area contributed by atoms with Crippen molar-refractivity contribution in [1.29, 1.82) is 0 Å². The fourth-order valence-corrected chi connectivity index (χ4v) is 2.69. The number of benzene rings is 2. The lowest BCUT2D eigenvalue weighted by molar-refractivity contribution is -0.116. The van der Waals surface area contributed by atoms with Gasteiger partial charge in [-0.3, -0.25) is 4.79 Å². The standard InChI is InChI=1S/C19H25N5O/c20-17-9-7-15(8-10-17)4-1-2-11-24(14-19(21)25)18-6-3-5-16(12-18)13-23-22/h3,5-10,12-13H,1-2,4,11,14,20,22H2,(H2,21,25). The number of unbranched alkanes of at least 4 members (excludes halogenated alkanes) is 1. The number of primary amides is 1. The lowest BCUT2D eigenvalue weighted by atomic mass is 10.1. The van der Waals surface area contributed by atoms with E-state index in [9.17, 15) is 4.79 Å². The Balaban J connectivity index is 1.94. The smallest absolute Gasteiger partial charge is 0.236 e. The van der Waals surface area contributed by atoms with Gasteiger partial charge in [-0.15, -0.1) is 0 Å². The first kappa shape index (κ1) is 18.3. The second kappa shape index (κ2) is 9.32. The quantitative estimate of drug-likeness (QED) is 0.213. The number of rotatable bonds is 9. The van der Waals surface area contributed by atoms with E-state index in [1.165, 1.54) is 5.56 Å². The Kier molecular flexibility index (Phi) is 6.83. The molecule has 0 aromatic heterocycles. The SMILES string of the molecule is NN=Cc1cccc(N(CCCCc2ccc(N)cc2)CC(N)=O)c1. The van der Waals surface area contributed by atoms with E-state index in [0.717, 1.165) is 42.7 Å². The van der Waals surface area contributed by atoms with Crippen LogP contribution in [-0.4, -0.2) is 25.2 Å². The predicted octanol–water partition coefficient (Wildman–Crippen LogP) is 1.88. The third-order valence-corrected chi connectivity index (χ3v) is 3.93. The first-order valence-electron chi connectivity index (χ1n) is 8.29. The summed E-state index contributed by atoms with van der Waals surface area (Å²) in [4.78, 5) is 13.4. The highest BCUT2D eigenvalue weighted by Gasteiger charge is 2.10. The summed E-state index contributed by atoms with van der Waals surface area (Å²) in [6.45, 7) is 0.937. The van der Waals surface area contributed by atoms with Crippen LogP contribution in [0.4, 0.5) is 11.4 Å². The Morgan fingerprint density at radius 1 is 1.12 bits per heavy atom. The van der Waals surface area contributed by atoms with Crippen LogP contribution in [0.2, 0.25) is 0 Å². The molecule has 0 radical (unpaired) electrons. The predicted molar refractivity (Wildman–Crippen MR) is 103 cm³/mol.